The first-order valence-electron chi connectivity index (χ1n) is 14.9. The molecule has 0 saturated heterocycles. The van der Waals surface area contributed by atoms with E-state index in [4.69, 9.17) is 13.8 Å². The molecule has 37 heavy (non-hydrogen) atoms. The SMILES string of the molecule is CCCCCCCCCCCCOCC(COP(=O)([O-])OCC[N+](C)(C)C)NC(=O)CCCCCCC. The molecule has 2 unspecified atom stereocenters. The highest BCUT2D eigenvalue weighted by Crippen LogP contribution is 2.38. The summed E-state index contributed by atoms with van der Waals surface area (Å²) in [6, 6.07) is -0.532. The maximum atomic E-state index is 12.4. The molecule has 0 rings (SSSR count). The Bertz CT molecular complexity index is 586. The number of nitrogens with one attached hydrogen (secondary N) is 1. The predicted molar refractivity (Wildman–Crippen MR) is 150 cm³/mol. The van der Waals surface area contributed by atoms with Crippen LogP contribution >= 0.6 is 7.82 Å². The lowest BCUT2D eigenvalue weighted by molar-refractivity contribution is -0.870. The lowest BCUT2D eigenvalue weighted by Gasteiger charge is -2.28. The summed E-state index contributed by atoms with van der Waals surface area (Å²) in [5, 5.41) is 2.89. The van der Waals surface area contributed by atoms with Gasteiger partial charge in [0.05, 0.1) is 40.4 Å². The number of ether oxygens (including phenoxy) is 1. The number of hydrogen-bond donors (Lipinski definition) is 1. The first-order chi connectivity index (χ1) is 17.6. The Morgan fingerprint density at radius 1 is 0.757 bits per heavy atom. The van der Waals surface area contributed by atoms with Crippen LogP contribution in [0.25, 0.3) is 0 Å². The van der Waals surface area contributed by atoms with Crippen LogP contribution in [0.5, 0.6) is 0 Å². The normalized spacial score (nSPS) is 14.4. The molecule has 9 heteroatoms. The Hall–Kier alpha value is -0.500. The van der Waals surface area contributed by atoms with E-state index in [1.54, 1.807) is 0 Å². The molecule has 0 aliphatic carbocycles. The number of hydrogen-bond acceptors (Lipinski definition) is 6. The lowest BCUT2D eigenvalue weighted by atomic mass is 10.1. The van der Waals surface area contributed by atoms with Gasteiger partial charge in [0.15, 0.2) is 0 Å². The maximum Gasteiger partial charge on any atom is 0.268 e. The van der Waals surface area contributed by atoms with E-state index in [0.29, 0.717) is 24.1 Å². The van der Waals surface area contributed by atoms with E-state index in [0.717, 1.165) is 38.5 Å². The average molecular weight is 551 g/mol. The quantitative estimate of drug-likeness (QED) is 0.0768. The first kappa shape index (κ1) is 36.5. The molecule has 0 radical (unpaired) electrons. The van der Waals surface area contributed by atoms with Gasteiger partial charge in [0.25, 0.3) is 7.82 Å². The summed E-state index contributed by atoms with van der Waals surface area (Å²) < 4.78 is 28.6. The Labute approximate surface area is 228 Å². The molecule has 0 aromatic carbocycles. The molecular weight excluding hydrogens is 491 g/mol. The highest BCUT2D eigenvalue weighted by atomic mass is 31.2. The van der Waals surface area contributed by atoms with Crippen LogP contribution in [0.1, 0.15) is 117 Å². The number of nitrogens with zero attached hydrogens (tertiary/aromatic N) is 1. The van der Waals surface area contributed by atoms with Crippen LogP contribution in [0.4, 0.5) is 0 Å². The molecule has 0 heterocycles. The molecule has 1 amide bonds. The van der Waals surface area contributed by atoms with Crippen molar-refractivity contribution < 1.29 is 32.5 Å². The van der Waals surface area contributed by atoms with Crippen LogP contribution in [0.15, 0.2) is 0 Å². The van der Waals surface area contributed by atoms with Crippen LogP contribution < -0.4 is 10.2 Å². The fourth-order valence-corrected chi connectivity index (χ4v) is 4.62. The van der Waals surface area contributed by atoms with Crippen LogP contribution in [0, 0.1) is 0 Å². The van der Waals surface area contributed by atoms with Gasteiger partial charge in [-0.05, 0) is 12.8 Å². The maximum absolute atomic E-state index is 12.4. The van der Waals surface area contributed by atoms with Crippen molar-refractivity contribution in [3.63, 3.8) is 0 Å². The highest BCUT2D eigenvalue weighted by Gasteiger charge is 2.18. The van der Waals surface area contributed by atoms with E-state index >= 15 is 0 Å². The van der Waals surface area contributed by atoms with Crippen molar-refractivity contribution in [3.8, 4) is 0 Å². The van der Waals surface area contributed by atoms with Crippen molar-refractivity contribution in [3.05, 3.63) is 0 Å². The number of quaternary nitrogens is 1. The molecule has 0 aliphatic heterocycles. The highest BCUT2D eigenvalue weighted by molar-refractivity contribution is 7.45. The molecule has 0 bridgehead atoms. The van der Waals surface area contributed by atoms with Crippen LogP contribution in [0.3, 0.4) is 0 Å². The fourth-order valence-electron chi connectivity index (χ4n) is 3.88. The van der Waals surface area contributed by atoms with E-state index in [2.05, 4.69) is 19.2 Å². The zero-order valence-electron chi connectivity index (χ0n) is 24.8. The second-order valence-electron chi connectivity index (χ2n) is 11.3. The average Bonchev–Trinajstić information content (AvgIpc) is 2.82. The summed E-state index contributed by atoms with van der Waals surface area (Å²) in [6.45, 7) is 5.61. The molecule has 0 saturated carbocycles. The third-order valence-electron chi connectivity index (χ3n) is 6.28. The number of phosphoric acid groups is 1. The summed E-state index contributed by atoms with van der Waals surface area (Å²) in [5.74, 6) is -0.0979. The van der Waals surface area contributed by atoms with Crippen molar-refractivity contribution in [1.29, 1.82) is 0 Å². The molecule has 8 nitrogen and oxygen atoms in total. The Balaban J connectivity index is 4.33. The number of carbonyl (C=O) groups is 1. The van der Waals surface area contributed by atoms with Gasteiger partial charge in [-0.3, -0.25) is 9.36 Å². The minimum atomic E-state index is -4.45. The van der Waals surface area contributed by atoms with Gasteiger partial charge in [0.1, 0.15) is 13.2 Å². The zero-order valence-corrected chi connectivity index (χ0v) is 25.7. The molecule has 0 aromatic heterocycles. The second-order valence-corrected chi connectivity index (χ2v) is 12.7. The van der Waals surface area contributed by atoms with E-state index in [9.17, 15) is 14.3 Å². The standard InChI is InChI=1S/C28H59N2O6P/c1-6-8-10-12-13-14-15-16-18-20-23-34-25-27(29-28(31)21-19-17-11-9-7-2)26-36-37(32,33)35-24-22-30(3,4)5/h27H,6-26H2,1-5H3,(H-,29,31,32,33). The van der Waals surface area contributed by atoms with E-state index < -0.39 is 13.9 Å². The Kier molecular flexibility index (Phi) is 23.1. The van der Waals surface area contributed by atoms with Crippen LogP contribution in [0.2, 0.25) is 0 Å². The van der Waals surface area contributed by atoms with Crippen molar-refractivity contribution in [2.75, 3.05) is 54.1 Å². The van der Waals surface area contributed by atoms with Gasteiger partial charge < -0.3 is 28.5 Å². The van der Waals surface area contributed by atoms with Gasteiger partial charge >= 0.3 is 0 Å². The minimum absolute atomic E-state index is 0.0499. The summed E-state index contributed by atoms with van der Waals surface area (Å²) in [4.78, 5) is 24.6. The number of likely N-dealkylation sites (N-methyl/N-ethyl adjacent to an activating group) is 1. The lowest BCUT2D eigenvalue weighted by Crippen LogP contribution is -2.42. The molecule has 1 N–H and O–H groups in total. The molecular formula is C28H59N2O6P. The van der Waals surface area contributed by atoms with Gasteiger partial charge in [-0.2, -0.15) is 0 Å². The van der Waals surface area contributed by atoms with E-state index in [1.807, 2.05) is 21.1 Å². The fraction of sp³-hybridized carbons (Fsp3) is 0.964. The number of phosphoric ester groups is 1. The number of unbranched alkanes of at least 4 members (excludes halogenated alkanes) is 13. The number of rotatable bonds is 27. The van der Waals surface area contributed by atoms with Crippen molar-refractivity contribution in [2.45, 2.75) is 123 Å². The Morgan fingerprint density at radius 3 is 1.81 bits per heavy atom. The van der Waals surface area contributed by atoms with Gasteiger partial charge in [-0.1, -0.05) is 97.3 Å². The van der Waals surface area contributed by atoms with Crippen LogP contribution in [-0.2, 0) is 23.1 Å². The molecule has 0 fully saturated rings. The zero-order chi connectivity index (χ0) is 27.8. The van der Waals surface area contributed by atoms with Crippen molar-refractivity contribution in [1.82, 2.24) is 5.32 Å². The summed E-state index contributed by atoms with van der Waals surface area (Å²) >= 11 is 0. The summed E-state index contributed by atoms with van der Waals surface area (Å²) in [5.41, 5.74) is 0. The largest absolute Gasteiger partial charge is 0.756 e. The summed E-state index contributed by atoms with van der Waals surface area (Å²) in [6.07, 6.45) is 18.3. The van der Waals surface area contributed by atoms with Gasteiger partial charge in [0, 0.05) is 13.0 Å². The minimum Gasteiger partial charge on any atom is -0.756 e. The van der Waals surface area contributed by atoms with E-state index in [-0.39, 0.29) is 25.7 Å². The van der Waals surface area contributed by atoms with Gasteiger partial charge in [-0.25, -0.2) is 0 Å². The third-order valence-corrected chi connectivity index (χ3v) is 7.24. The van der Waals surface area contributed by atoms with E-state index in [1.165, 1.54) is 57.8 Å². The Morgan fingerprint density at radius 2 is 1.27 bits per heavy atom. The molecule has 0 aliphatic rings. The first-order valence-corrected chi connectivity index (χ1v) is 16.3. The van der Waals surface area contributed by atoms with Gasteiger partial charge in [-0.15, -0.1) is 0 Å². The summed E-state index contributed by atoms with van der Waals surface area (Å²) in [7, 11) is 1.43. The predicted octanol–water partition coefficient (Wildman–Crippen LogP) is 5.98. The molecule has 0 spiro atoms. The van der Waals surface area contributed by atoms with Crippen LogP contribution in [-0.4, -0.2) is 70.5 Å². The molecule has 0 aromatic rings. The van der Waals surface area contributed by atoms with Gasteiger partial charge in [0.2, 0.25) is 5.91 Å². The number of carbonyl (C=O) groups excluding carboxylic acids is 1. The third kappa shape index (κ3) is 26.9. The van der Waals surface area contributed by atoms with Crippen molar-refractivity contribution >= 4 is 13.7 Å². The van der Waals surface area contributed by atoms with Crippen molar-refractivity contribution in [2.24, 2.45) is 0 Å². The molecule has 222 valence electrons. The molecule has 2 atom stereocenters. The number of amides is 1. The second kappa shape index (κ2) is 23.4. The monoisotopic (exact) mass is 550 g/mol. The smallest absolute Gasteiger partial charge is 0.268 e. The topological polar surface area (TPSA) is 96.9 Å².